The van der Waals surface area contributed by atoms with Crippen LogP contribution in [0.3, 0.4) is 0 Å². The average molecular weight is 303 g/mol. The quantitative estimate of drug-likeness (QED) is 0.704. The molecular weight excluding hydrogens is 288 g/mol. The van der Waals surface area contributed by atoms with Gasteiger partial charge >= 0.3 is 6.03 Å². The molecule has 0 unspecified atom stereocenters. The number of aromatic nitrogens is 2. The molecule has 1 rings (SSSR count). The van der Waals surface area contributed by atoms with Gasteiger partial charge in [-0.05, 0) is 15.9 Å². The lowest BCUT2D eigenvalue weighted by atomic mass is 10.5. The first-order valence-electron chi connectivity index (χ1n) is 4.97. The fourth-order valence-corrected chi connectivity index (χ4v) is 1.34. The molecule has 0 fully saturated rings. The largest absolute Gasteiger partial charge is 0.368 e. The predicted octanol–water partition coefficient (Wildman–Crippen LogP) is 0.504. The topological polar surface area (TPSA) is 96.2 Å². The molecule has 0 saturated carbocycles. The molecular formula is C9H15BrN6O. The van der Waals surface area contributed by atoms with Crippen molar-refractivity contribution < 1.29 is 4.79 Å². The molecule has 0 radical (unpaired) electrons. The fourth-order valence-electron chi connectivity index (χ4n) is 1.01. The first-order chi connectivity index (χ1) is 8.00. The Labute approximate surface area is 108 Å². The van der Waals surface area contributed by atoms with E-state index >= 15 is 0 Å². The predicted molar refractivity (Wildman–Crippen MR) is 69.7 cm³/mol. The molecule has 7 nitrogen and oxygen atoms in total. The average Bonchev–Trinajstić information content (AvgIpc) is 2.28. The van der Waals surface area contributed by atoms with Crippen LogP contribution in [-0.2, 0) is 0 Å². The van der Waals surface area contributed by atoms with Crippen LogP contribution in [0.15, 0.2) is 10.7 Å². The fraction of sp³-hybridized carbons (Fsp3) is 0.444. The number of halogens is 1. The van der Waals surface area contributed by atoms with Crippen molar-refractivity contribution in [1.82, 2.24) is 20.2 Å². The van der Waals surface area contributed by atoms with Gasteiger partial charge in [0.25, 0.3) is 0 Å². The Bertz CT molecular complexity index is 397. The molecule has 0 aliphatic heterocycles. The van der Waals surface area contributed by atoms with Gasteiger partial charge in [-0.1, -0.05) is 0 Å². The van der Waals surface area contributed by atoms with Crippen molar-refractivity contribution in [2.45, 2.75) is 0 Å². The van der Waals surface area contributed by atoms with E-state index in [4.69, 9.17) is 5.73 Å². The zero-order chi connectivity index (χ0) is 12.8. The second kappa shape index (κ2) is 6.24. The number of carbonyl (C=O) groups excluding carboxylic acids is 1. The number of amides is 2. The summed E-state index contributed by atoms with van der Waals surface area (Å²) >= 11 is 3.30. The number of nitrogens with zero attached hydrogens (tertiary/aromatic N) is 3. The molecule has 17 heavy (non-hydrogen) atoms. The maximum atomic E-state index is 11.2. The van der Waals surface area contributed by atoms with Gasteiger partial charge in [-0.3, -0.25) is 0 Å². The maximum Gasteiger partial charge on any atom is 0.316 e. The standard InChI is InChI=1S/C9H15BrN6O/c1-16(2)9(17)13-4-3-12-7-6(10)5-14-8(11)15-7/h5H,3-4H2,1-2H3,(H,13,17)(H3,11,12,14,15). The molecule has 94 valence electrons. The molecule has 0 aromatic carbocycles. The van der Waals surface area contributed by atoms with E-state index in [1.54, 1.807) is 20.3 Å². The van der Waals surface area contributed by atoms with E-state index in [1.165, 1.54) is 4.90 Å². The van der Waals surface area contributed by atoms with E-state index in [-0.39, 0.29) is 12.0 Å². The third kappa shape index (κ3) is 4.43. The van der Waals surface area contributed by atoms with E-state index < -0.39 is 0 Å². The Hall–Kier alpha value is -1.57. The first-order valence-corrected chi connectivity index (χ1v) is 5.77. The van der Waals surface area contributed by atoms with Crippen molar-refractivity contribution >= 4 is 33.7 Å². The first kappa shape index (κ1) is 13.5. The Morgan fingerprint density at radius 3 is 2.88 bits per heavy atom. The summed E-state index contributed by atoms with van der Waals surface area (Å²) in [6.45, 7) is 1.04. The van der Waals surface area contributed by atoms with Crippen LogP contribution in [0.1, 0.15) is 0 Å². The van der Waals surface area contributed by atoms with Crippen molar-refractivity contribution in [3.8, 4) is 0 Å². The number of rotatable bonds is 4. The van der Waals surface area contributed by atoms with Crippen molar-refractivity contribution in [2.24, 2.45) is 0 Å². The Morgan fingerprint density at radius 2 is 2.24 bits per heavy atom. The molecule has 0 spiro atoms. The van der Waals surface area contributed by atoms with Gasteiger partial charge in [0, 0.05) is 33.4 Å². The minimum atomic E-state index is -0.131. The van der Waals surface area contributed by atoms with Crippen molar-refractivity contribution in [3.63, 3.8) is 0 Å². The molecule has 4 N–H and O–H groups in total. The second-order valence-corrected chi connectivity index (χ2v) is 4.33. The van der Waals surface area contributed by atoms with Crippen LogP contribution in [-0.4, -0.2) is 48.1 Å². The minimum absolute atomic E-state index is 0.131. The van der Waals surface area contributed by atoms with Crippen molar-refractivity contribution in [2.75, 3.05) is 38.2 Å². The number of hydrogen-bond acceptors (Lipinski definition) is 5. The van der Waals surface area contributed by atoms with Crippen LogP contribution in [0.2, 0.25) is 0 Å². The van der Waals surface area contributed by atoms with E-state index in [0.717, 1.165) is 4.47 Å². The van der Waals surface area contributed by atoms with E-state index in [1.807, 2.05) is 0 Å². The summed E-state index contributed by atoms with van der Waals surface area (Å²) < 4.78 is 0.727. The second-order valence-electron chi connectivity index (χ2n) is 3.48. The van der Waals surface area contributed by atoms with Crippen LogP contribution in [0.4, 0.5) is 16.6 Å². The summed E-state index contributed by atoms with van der Waals surface area (Å²) in [7, 11) is 3.37. The summed E-state index contributed by atoms with van der Waals surface area (Å²) in [5, 5.41) is 5.76. The molecule has 0 aliphatic rings. The van der Waals surface area contributed by atoms with Gasteiger partial charge < -0.3 is 21.3 Å². The summed E-state index contributed by atoms with van der Waals surface area (Å²) in [6.07, 6.45) is 1.57. The Morgan fingerprint density at radius 1 is 1.53 bits per heavy atom. The zero-order valence-electron chi connectivity index (χ0n) is 9.70. The summed E-state index contributed by atoms with van der Waals surface area (Å²) in [4.78, 5) is 20.5. The van der Waals surface area contributed by atoms with Gasteiger partial charge in [0.1, 0.15) is 5.82 Å². The van der Waals surface area contributed by atoms with Crippen LogP contribution < -0.4 is 16.4 Å². The smallest absolute Gasteiger partial charge is 0.316 e. The summed E-state index contributed by atoms with van der Waals surface area (Å²) in [5.74, 6) is 0.810. The molecule has 1 heterocycles. The van der Waals surface area contributed by atoms with Crippen LogP contribution >= 0.6 is 15.9 Å². The normalized spacial score (nSPS) is 9.82. The minimum Gasteiger partial charge on any atom is -0.368 e. The molecule has 0 atom stereocenters. The maximum absolute atomic E-state index is 11.2. The number of urea groups is 1. The highest BCUT2D eigenvalue weighted by atomic mass is 79.9. The SMILES string of the molecule is CN(C)C(=O)NCCNc1nc(N)ncc1Br. The van der Waals surface area contributed by atoms with E-state index in [2.05, 4.69) is 36.5 Å². The van der Waals surface area contributed by atoms with Crippen molar-refractivity contribution in [1.29, 1.82) is 0 Å². The van der Waals surface area contributed by atoms with Crippen LogP contribution in [0.5, 0.6) is 0 Å². The molecule has 1 aromatic rings. The molecule has 0 aliphatic carbocycles. The third-order valence-corrected chi connectivity index (χ3v) is 2.44. The van der Waals surface area contributed by atoms with Gasteiger partial charge in [-0.25, -0.2) is 9.78 Å². The lowest BCUT2D eigenvalue weighted by molar-refractivity contribution is 0.218. The molecule has 2 amide bonds. The zero-order valence-corrected chi connectivity index (χ0v) is 11.3. The number of carbonyl (C=O) groups is 1. The summed E-state index contributed by atoms with van der Waals surface area (Å²) in [6, 6.07) is -0.131. The number of hydrogen-bond donors (Lipinski definition) is 3. The Kier molecular flexibility index (Phi) is 4.95. The lowest BCUT2D eigenvalue weighted by Gasteiger charge is -2.12. The highest BCUT2D eigenvalue weighted by molar-refractivity contribution is 9.10. The number of anilines is 2. The number of nitrogens with one attached hydrogen (secondary N) is 2. The third-order valence-electron chi connectivity index (χ3n) is 1.86. The molecule has 0 bridgehead atoms. The Balaban J connectivity index is 2.36. The van der Waals surface area contributed by atoms with Crippen LogP contribution in [0.25, 0.3) is 0 Å². The monoisotopic (exact) mass is 302 g/mol. The van der Waals surface area contributed by atoms with E-state index in [0.29, 0.717) is 18.9 Å². The lowest BCUT2D eigenvalue weighted by Crippen LogP contribution is -2.37. The van der Waals surface area contributed by atoms with Crippen LogP contribution in [0, 0.1) is 0 Å². The van der Waals surface area contributed by atoms with E-state index in [9.17, 15) is 4.79 Å². The number of nitrogen functional groups attached to an aromatic ring is 1. The number of nitrogens with two attached hydrogens (primary N) is 1. The van der Waals surface area contributed by atoms with Gasteiger partial charge in [0.05, 0.1) is 4.47 Å². The molecule has 0 saturated heterocycles. The molecule has 1 aromatic heterocycles. The highest BCUT2D eigenvalue weighted by Crippen LogP contribution is 2.18. The van der Waals surface area contributed by atoms with Gasteiger partial charge in [0.2, 0.25) is 5.95 Å². The van der Waals surface area contributed by atoms with Gasteiger partial charge in [0.15, 0.2) is 0 Å². The summed E-state index contributed by atoms with van der Waals surface area (Å²) in [5.41, 5.74) is 5.46. The highest BCUT2D eigenvalue weighted by Gasteiger charge is 2.04. The van der Waals surface area contributed by atoms with Gasteiger partial charge in [-0.15, -0.1) is 0 Å². The van der Waals surface area contributed by atoms with Crippen molar-refractivity contribution in [3.05, 3.63) is 10.7 Å². The van der Waals surface area contributed by atoms with Gasteiger partial charge in [-0.2, -0.15) is 4.98 Å². The molecule has 8 heteroatoms.